The monoisotopic (exact) mass is 477 g/mol. The number of piperazine rings is 1. The molecule has 3 aromatic rings. The van der Waals surface area contributed by atoms with Crippen molar-refractivity contribution >= 4 is 22.4 Å². The van der Waals surface area contributed by atoms with Gasteiger partial charge in [0.05, 0.1) is 11.3 Å². The largest absolute Gasteiger partial charge is 0.416 e. The minimum Gasteiger partial charge on any atom is -0.354 e. The Kier molecular flexibility index (Phi) is 6.59. The third-order valence-electron chi connectivity index (χ3n) is 6.32. The summed E-state index contributed by atoms with van der Waals surface area (Å²) < 4.78 is 54.1. The molecular formula is C23H27F4N7. The van der Waals surface area contributed by atoms with Crippen molar-refractivity contribution in [2.75, 3.05) is 42.9 Å². The maximum absolute atomic E-state index is 14.0. The second kappa shape index (κ2) is 9.30. The molecule has 3 N–H and O–H groups in total. The minimum atomic E-state index is -4.70. The number of alkyl halides is 3. The minimum absolute atomic E-state index is 0.00665. The molecule has 0 spiro atoms. The van der Waals surface area contributed by atoms with E-state index in [9.17, 15) is 17.6 Å². The van der Waals surface area contributed by atoms with Crippen LogP contribution in [0.4, 0.5) is 29.2 Å². The van der Waals surface area contributed by atoms with Gasteiger partial charge in [-0.25, -0.2) is 9.37 Å². The van der Waals surface area contributed by atoms with Crippen LogP contribution in [0, 0.1) is 19.7 Å². The van der Waals surface area contributed by atoms with Crippen LogP contribution in [0.3, 0.4) is 0 Å². The fourth-order valence-electron chi connectivity index (χ4n) is 4.28. The van der Waals surface area contributed by atoms with Gasteiger partial charge in [0.2, 0.25) is 0 Å². The first-order valence-electron chi connectivity index (χ1n) is 11.1. The molecule has 1 saturated heterocycles. The number of nitrogens with one attached hydrogen (secondary N) is 1. The van der Waals surface area contributed by atoms with Crippen molar-refractivity contribution in [3.05, 3.63) is 52.6 Å². The van der Waals surface area contributed by atoms with E-state index in [-0.39, 0.29) is 11.1 Å². The highest BCUT2D eigenvalue weighted by Gasteiger charge is 2.34. The van der Waals surface area contributed by atoms with Crippen molar-refractivity contribution in [1.82, 2.24) is 20.1 Å². The molecule has 7 nitrogen and oxygen atoms in total. The van der Waals surface area contributed by atoms with Gasteiger partial charge in [0, 0.05) is 43.1 Å². The highest BCUT2D eigenvalue weighted by atomic mass is 19.4. The second-order valence-corrected chi connectivity index (χ2v) is 8.43. The Balaban J connectivity index is 1.68. The third-order valence-corrected chi connectivity index (χ3v) is 6.32. The van der Waals surface area contributed by atoms with E-state index in [4.69, 9.17) is 5.73 Å². The molecule has 11 heteroatoms. The van der Waals surface area contributed by atoms with Gasteiger partial charge < -0.3 is 20.9 Å². The van der Waals surface area contributed by atoms with Gasteiger partial charge in [0.25, 0.3) is 0 Å². The van der Waals surface area contributed by atoms with E-state index in [1.54, 1.807) is 13.1 Å². The lowest BCUT2D eigenvalue weighted by atomic mass is 9.99. The number of nitrogens with two attached hydrogens (primary N) is 1. The second-order valence-electron chi connectivity index (χ2n) is 8.43. The fraction of sp³-hybridized carbons (Fsp3) is 0.435. The van der Waals surface area contributed by atoms with Crippen molar-refractivity contribution in [2.45, 2.75) is 33.1 Å². The molecule has 4 rings (SSSR count). The zero-order valence-corrected chi connectivity index (χ0v) is 19.2. The number of aryl methyl sites for hydroxylation is 1. The first-order chi connectivity index (χ1) is 16.1. The molecule has 1 aliphatic rings. The molecular weight excluding hydrogens is 450 g/mol. The first kappa shape index (κ1) is 24.1. The number of aromatic nitrogens is 3. The van der Waals surface area contributed by atoms with E-state index < -0.39 is 23.7 Å². The van der Waals surface area contributed by atoms with Crippen LogP contribution >= 0.6 is 0 Å². The van der Waals surface area contributed by atoms with Crippen molar-refractivity contribution in [3.63, 3.8) is 0 Å². The number of hydrogen-bond acceptors (Lipinski definition) is 7. The standard InChI is InChI=1S/C23H27F4N7/c1-4-33-5-7-34(8-6-33)20-11-17-18(12-29-20)14(3)31-32-22(17)30-21(28)16-9-15(24)10-19(13(16)2)23(25,26)27/h9-12,21H,4-8,28H2,1-3H3,(H,30,32)/t21-/m0/s1. The Morgan fingerprint density at radius 3 is 2.41 bits per heavy atom. The molecule has 1 atom stereocenters. The SMILES string of the molecule is CCN1CCN(c2cc3c(N[C@H](N)c4cc(F)cc(C(F)(F)F)c4C)nnc(C)c3cn2)CC1. The number of hydrogen-bond donors (Lipinski definition) is 2. The summed E-state index contributed by atoms with van der Waals surface area (Å²) in [5.74, 6) is 0.0532. The molecule has 0 radical (unpaired) electrons. The quantitative estimate of drug-likeness (QED) is 0.424. The molecule has 2 aromatic heterocycles. The van der Waals surface area contributed by atoms with Gasteiger partial charge >= 0.3 is 6.18 Å². The van der Waals surface area contributed by atoms with Crippen LogP contribution in [-0.2, 0) is 6.18 Å². The van der Waals surface area contributed by atoms with Gasteiger partial charge in [0.15, 0.2) is 5.82 Å². The highest BCUT2D eigenvalue weighted by Crippen LogP contribution is 2.36. The number of fused-ring (bicyclic) bond motifs is 1. The normalized spacial score (nSPS) is 16.2. The van der Waals surface area contributed by atoms with Crippen molar-refractivity contribution in [1.29, 1.82) is 0 Å². The van der Waals surface area contributed by atoms with Crippen LogP contribution in [0.5, 0.6) is 0 Å². The number of benzene rings is 1. The lowest BCUT2D eigenvalue weighted by Gasteiger charge is -2.34. The maximum atomic E-state index is 14.0. The van der Waals surface area contributed by atoms with E-state index >= 15 is 0 Å². The van der Waals surface area contributed by atoms with E-state index in [2.05, 4.69) is 37.2 Å². The smallest absolute Gasteiger partial charge is 0.354 e. The Hall–Kier alpha value is -3.05. The average Bonchev–Trinajstić information content (AvgIpc) is 2.81. The van der Waals surface area contributed by atoms with Gasteiger partial charge in [-0.15, -0.1) is 5.10 Å². The molecule has 0 saturated carbocycles. The first-order valence-corrected chi connectivity index (χ1v) is 11.1. The Morgan fingerprint density at radius 2 is 1.76 bits per heavy atom. The van der Waals surface area contributed by atoms with E-state index in [1.807, 2.05) is 6.07 Å². The fourth-order valence-corrected chi connectivity index (χ4v) is 4.28. The van der Waals surface area contributed by atoms with E-state index in [0.29, 0.717) is 23.0 Å². The van der Waals surface area contributed by atoms with Gasteiger partial charge in [-0.1, -0.05) is 6.92 Å². The predicted molar refractivity (Wildman–Crippen MR) is 123 cm³/mol. The molecule has 0 amide bonds. The Morgan fingerprint density at radius 1 is 1.06 bits per heavy atom. The summed E-state index contributed by atoms with van der Waals surface area (Å²) in [4.78, 5) is 9.13. The van der Waals surface area contributed by atoms with Crippen molar-refractivity contribution in [3.8, 4) is 0 Å². The summed E-state index contributed by atoms with van der Waals surface area (Å²) in [6.45, 7) is 9.71. The summed E-state index contributed by atoms with van der Waals surface area (Å²) in [6, 6.07) is 3.36. The van der Waals surface area contributed by atoms with Crippen LogP contribution in [-0.4, -0.2) is 52.8 Å². The summed E-state index contributed by atoms with van der Waals surface area (Å²) in [7, 11) is 0. The van der Waals surface area contributed by atoms with Crippen LogP contribution < -0.4 is 16.0 Å². The number of rotatable bonds is 5. The lowest BCUT2D eigenvalue weighted by Crippen LogP contribution is -2.46. The molecule has 0 unspecified atom stereocenters. The maximum Gasteiger partial charge on any atom is 0.416 e. The summed E-state index contributed by atoms with van der Waals surface area (Å²) >= 11 is 0. The van der Waals surface area contributed by atoms with Gasteiger partial charge in [-0.2, -0.15) is 18.3 Å². The van der Waals surface area contributed by atoms with Crippen LogP contribution in [0.2, 0.25) is 0 Å². The average molecular weight is 478 g/mol. The molecule has 0 aliphatic carbocycles. The summed E-state index contributed by atoms with van der Waals surface area (Å²) in [5, 5.41) is 12.7. The highest BCUT2D eigenvalue weighted by molar-refractivity contribution is 5.94. The topological polar surface area (TPSA) is 83.2 Å². The van der Waals surface area contributed by atoms with Crippen LogP contribution in [0.25, 0.3) is 10.8 Å². The summed E-state index contributed by atoms with van der Waals surface area (Å²) in [6.07, 6.45) is -4.12. The van der Waals surface area contributed by atoms with Crippen LogP contribution in [0.1, 0.15) is 35.5 Å². The van der Waals surface area contributed by atoms with Gasteiger partial charge in [0.1, 0.15) is 17.8 Å². The lowest BCUT2D eigenvalue weighted by molar-refractivity contribution is -0.138. The van der Waals surface area contributed by atoms with Crippen LogP contribution in [0.15, 0.2) is 24.4 Å². The van der Waals surface area contributed by atoms with Crippen molar-refractivity contribution < 1.29 is 17.6 Å². The molecule has 1 fully saturated rings. The molecule has 182 valence electrons. The Labute approximate surface area is 195 Å². The van der Waals surface area contributed by atoms with E-state index in [0.717, 1.165) is 50.0 Å². The number of halogens is 4. The van der Waals surface area contributed by atoms with Gasteiger partial charge in [-0.3, -0.25) is 0 Å². The number of anilines is 2. The third kappa shape index (κ3) is 4.76. The zero-order chi connectivity index (χ0) is 24.6. The Bertz CT molecular complexity index is 1190. The van der Waals surface area contributed by atoms with E-state index in [1.165, 1.54) is 6.92 Å². The van der Waals surface area contributed by atoms with Crippen molar-refractivity contribution in [2.24, 2.45) is 5.73 Å². The molecule has 1 aliphatic heterocycles. The number of pyridine rings is 1. The van der Waals surface area contributed by atoms with Gasteiger partial charge in [-0.05, 0) is 49.7 Å². The molecule has 1 aromatic carbocycles. The molecule has 34 heavy (non-hydrogen) atoms. The number of nitrogens with zero attached hydrogens (tertiary/aromatic N) is 5. The number of likely N-dealkylation sites (N-methyl/N-ethyl adjacent to an activating group) is 1. The molecule has 3 heterocycles. The molecule has 0 bridgehead atoms. The zero-order valence-electron chi connectivity index (χ0n) is 19.2. The summed E-state index contributed by atoms with van der Waals surface area (Å²) in [5.41, 5.74) is 5.65. The predicted octanol–water partition coefficient (Wildman–Crippen LogP) is 4.01.